The van der Waals surface area contributed by atoms with Gasteiger partial charge in [0.1, 0.15) is 0 Å². The van der Waals surface area contributed by atoms with Gasteiger partial charge in [0.15, 0.2) is 5.11 Å². The molecule has 0 radical (unpaired) electrons. The van der Waals surface area contributed by atoms with Gasteiger partial charge in [0, 0.05) is 37.8 Å². The highest BCUT2D eigenvalue weighted by molar-refractivity contribution is 7.80. The van der Waals surface area contributed by atoms with Gasteiger partial charge < -0.3 is 19.5 Å². The average molecular weight is 356 g/mol. The molecule has 0 spiro atoms. The lowest BCUT2D eigenvalue weighted by atomic mass is 10.0. The molecule has 132 valence electrons. The zero-order valence-corrected chi connectivity index (χ0v) is 15.5. The van der Waals surface area contributed by atoms with E-state index in [9.17, 15) is 0 Å². The average Bonchev–Trinajstić information content (AvgIpc) is 3.32. The molecule has 0 aromatic carbocycles. The summed E-state index contributed by atoms with van der Waals surface area (Å²) in [5, 5.41) is 4.29. The molecule has 2 fully saturated rings. The number of aryl methyl sites for hydroxylation is 1. The molecule has 2 aromatic rings. The molecule has 25 heavy (non-hydrogen) atoms. The van der Waals surface area contributed by atoms with Crippen molar-refractivity contribution in [2.24, 2.45) is 7.05 Å². The summed E-state index contributed by atoms with van der Waals surface area (Å²) in [6.45, 7) is 3.81. The van der Waals surface area contributed by atoms with Crippen LogP contribution in [-0.4, -0.2) is 38.8 Å². The number of hydrogen-bond donors (Lipinski definition) is 1. The lowest BCUT2D eigenvalue weighted by Crippen LogP contribution is -2.36. The van der Waals surface area contributed by atoms with Crippen molar-refractivity contribution < 1.29 is 4.74 Å². The van der Waals surface area contributed by atoms with Gasteiger partial charge in [0.25, 0.3) is 0 Å². The smallest absolute Gasteiger partial charge is 0.170 e. The summed E-state index contributed by atoms with van der Waals surface area (Å²) in [7, 11) is 2.12. The molecule has 0 saturated carbocycles. The Morgan fingerprint density at radius 1 is 1.32 bits per heavy atom. The number of ether oxygens (including phenoxy) is 1. The van der Waals surface area contributed by atoms with Crippen molar-refractivity contribution in [1.29, 1.82) is 0 Å². The van der Waals surface area contributed by atoms with Crippen LogP contribution in [0.25, 0.3) is 0 Å². The Morgan fingerprint density at radius 2 is 2.20 bits per heavy atom. The van der Waals surface area contributed by atoms with Crippen molar-refractivity contribution in [3.63, 3.8) is 0 Å². The molecule has 6 heteroatoms. The summed E-state index contributed by atoms with van der Waals surface area (Å²) in [6.07, 6.45) is 4.34. The molecular formula is C19H24N4OS. The predicted octanol–water partition coefficient (Wildman–Crippen LogP) is 2.88. The molecule has 2 aliphatic heterocycles. The zero-order valence-electron chi connectivity index (χ0n) is 14.7. The molecule has 4 heterocycles. The lowest BCUT2D eigenvalue weighted by Gasteiger charge is -2.30. The van der Waals surface area contributed by atoms with Crippen LogP contribution in [0.2, 0.25) is 0 Å². The van der Waals surface area contributed by atoms with Crippen molar-refractivity contribution in [1.82, 2.24) is 19.8 Å². The van der Waals surface area contributed by atoms with Gasteiger partial charge in [-0.25, -0.2) is 0 Å². The number of nitrogens with zero attached hydrogens (tertiary/aromatic N) is 3. The van der Waals surface area contributed by atoms with E-state index in [-0.39, 0.29) is 18.2 Å². The number of nitrogens with one attached hydrogen (secondary N) is 1. The van der Waals surface area contributed by atoms with E-state index in [2.05, 4.69) is 51.9 Å². The van der Waals surface area contributed by atoms with Gasteiger partial charge in [-0.05, 0) is 56.2 Å². The molecule has 4 rings (SSSR count). The first-order valence-corrected chi connectivity index (χ1v) is 9.28. The third-order valence-corrected chi connectivity index (χ3v) is 5.69. The van der Waals surface area contributed by atoms with Crippen LogP contribution in [0.4, 0.5) is 0 Å². The summed E-state index contributed by atoms with van der Waals surface area (Å²) in [5.74, 6) is 0. The molecule has 3 atom stereocenters. The first kappa shape index (κ1) is 16.5. The monoisotopic (exact) mass is 356 g/mol. The first-order chi connectivity index (χ1) is 12.1. The Kier molecular flexibility index (Phi) is 4.48. The van der Waals surface area contributed by atoms with E-state index in [0.717, 1.165) is 36.8 Å². The molecule has 2 aliphatic rings. The van der Waals surface area contributed by atoms with Crippen LogP contribution < -0.4 is 5.32 Å². The Labute approximate surface area is 154 Å². The highest BCUT2D eigenvalue weighted by Gasteiger charge is 2.42. The van der Waals surface area contributed by atoms with E-state index in [1.807, 2.05) is 18.3 Å². The summed E-state index contributed by atoms with van der Waals surface area (Å²) in [5.41, 5.74) is 3.51. The van der Waals surface area contributed by atoms with E-state index in [4.69, 9.17) is 17.0 Å². The Balaban J connectivity index is 1.71. The normalized spacial score (nSPS) is 26.2. The third-order valence-electron chi connectivity index (χ3n) is 5.34. The minimum atomic E-state index is 0.0445. The van der Waals surface area contributed by atoms with Crippen molar-refractivity contribution in [2.45, 2.75) is 38.0 Å². The van der Waals surface area contributed by atoms with Gasteiger partial charge in [-0.15, -0.1) is 0 Å². The topological polar surface area (TPSA) is 42.3 Å². The van der Waals surface area contributed by atoms with Crippen molar-refractivity contribution in [2.75, 3.05) is 13.2 Å². The van der Waals surface area contributed by atoms with E-state index < -0.39 is 0 Å². The second-order valence-corrected chi connectivity index (χ2v) is 7.26. The number of thiocarbonyl (C=S) groups is 1. The van der Waals surface area contributed by atoms with Crippen LogP contribution in [0, 0.1) is 6.92 Å². The van der Waals surface area contributed by atoms with E-state index >= 15 is 0 Å². The second kappa shape index (κ2) is 6.77. The van der Waals surface area contributed by atoms with Crippen LogP contribution in [0.3, 0.4) is 0 Å². The second-order valence-electron chi connectivity index (χ2n) is 6.87. The summed E-state index contributed by atoms with van der Waals surface area (Å²) in [6, 6.07) is 10.6. The fourth-order valence-electron chi connectivity index (χ4n) is 3.86. The third kappa shape index (κ3) is 3.04. The summed E-state index contributed by atoms with van der Waals surface area (Å²) in [4.78, 5) is 6.88. The van der Waals surface area contributed by atoms with Gasteiger partial charge in [-0.2, -0.15) is 0 Å². The number of pyridine rings is 1. The molecule has 2 saturated heterocycles. The minimum Gasteiger partial charge on any atom is -0.376 e. The van der Waals surface area contributed by atoms with E-state index in [1.165, 1.54) is 11.4 Å². The molecule has 1 N–H and O–H groups in total. The SMILES string of the molecule is Cc1ccc([C@H]2[C@H](c3ccccn3)NC(=S)N2C[C@@H]2CCCO2)n1C. The van der Waals surface area contributed by atoms with Crippen LogP contribution in [0.5, 0.6) is 0 Å². The summed E-state index contributed by atoms with van der Waals surface area (Å²) >= 11 is 5.70. The van der Waals surface area contributed by atoms with Crippen LogP contribution in [0.1, 0.15) is 42.0 Å². The molecule has 2 aromatic heterocycles. The number of rotatable bonds is 4. The van der Waals surface area contributed by atoms with Crippen molar-refractivity contribution in [3.8, 4) is 0 Å². The van der Waals surface area contributed by atoms with Crippen molar-refractivity contribution in [3.05, 3.63) is 53.6 Å². The highest BCUT2D eigenvalue weighted by atomic mass is 32.1. The Bertz CT molecular complexity index is 754. The van der Waals surface area contributed by atoms with E-state index in [1.54, 1.807) is 0 Å². The van der Waals surface area contributed by atoms with Crippen molar-refractivity contribution >= 4 is 17.3 Å². The molecule has 0 aliphatic carbocycles. The maximum atomic E-state index is 5.87. The molecule has 5 nitrogen and oxygen atoms in total. The van der Waals surface area contributed by atoms with Gasteiger partial charge in [-0.1, -0.05) is 6.07 Å². The zero-order chi connectivity index (χ0) is 17.4. The fourth-order valence-corrected chi connectivity index (χ4v) is 4.18. The predicted molar refractivity (Wildman–Crippen MR) is 101 cm³/mol. The molecule has 0 amide bonds. The maximum Gasteiger partial charge on any atom is 0.170 e. The van der Waals surface area contributed by atoms with Gasteiger partial charge in [0.05, 0.1) is 23.9 Å². The largest absolute Gasteiger partial charge is 0.376 e. The highest BCUT2D eigenvalue weighted by Crippen LogP contribution is 2.39. The number of aromatic nitrogens is 2. The Morgan fingerprint density at radius 3 is 2.84 bits per heavy atom. The molecule has 0 bridgehead atoms. The van der Waals surface area contributed by atoms with Crippen LogP contribution >= 0.6 is 12.2 Å². The molecule has 0 unspecified atom stereocenters. The van der Waals surface area contributed by atoms with Gasteiger partial charge >= 0.3 is 0 Å². The van der Waals surface area contributed by atoms with Gasteiger partial charge in [0.2, 0.25) is 0 Å². The fraction of sp³-hybridized carbons (Fsp3) is 0.474. The lowest BCUT2D eigenvalue weighted by molar-refractivity contribution is 0.0835. The van der Waals surface area contributed by atoms with E-state index in [0.29, 0.717) is 0 Å². The first-order valence-electron chi connectivity index (χ1n) is 8.87. The van der Waals surface area contributed by atoms with Crippen LogP contribution in [-0.2, 0) is 11.8 Å². The quantitative estimate of drug-likeness (QED) is 0.854. The minimum absolute atomic E-state index is 0.0445. The summed E-state index contributed by atoms with van der Waals surface area (Å²) < 4.78 is 8.12. The van der Waals surface area contributed by atoms with Crippen LogP contribution in [0.15, 0.2) is 36.5 Å². The number of hydrogen-bond acceptors (Lipinski definition) is 3. The Hall–Kier alpha value is -1.92. The molecular weight excluding hydrogens is 332 g/mol. The maximum absolute atomic E-state index is 5.87. The van der Waals surface area contributed by atoms with Gasteiger partial charge in [-0.3, -0.25) is 4.98 Å². The standard InChI is InChI=1S/C19H24N4OS/c1-13-8-9-16(22(13)2)18-17(15-7-3-4-10-20-15)21-19(25)23(18)12-14-6-5-11-24-14/h3-4,7-10,14,17-18H,5-6,11-12H2,1-2H3,(H,21,25)/t14-,17-,18-/m0/s1.